The number of halogens is 1. The van der Waals surface area contributed by atoms with E-state index in [1.165, 1.54) is 25.1 Å². The van der Waals surface area contributed by atoms with E-state index in [4.69, 9.17) is 0 Å². The molecular weight excluding hydrogens is 335 g/mol. The molecule has 0 atom stereocenters. The molecule has 1 aromatic heterocycles. The molecule has 1 saturated carbocycles. The van der Waals surface area contributed by atoms with Crippen molar-refractivity contribution >= 4 is 5.78 Å². The van der Waals surface area contributed by atoms with Gasteiger partial charge in [-0.25, -0.2) is 4.39 Å². The molecule has 1 N–H and O–H groups in total. The number of benzene rings is 1. The number of ketones is 1. The SMILES string of the molecule is Cc1c(C(=O)c2ccccc2F)c(O)n(C2CCCCC2)c(=O)c1C#N. The molecule has 1 aromatic carbocycles. The van der Waals surface area contributed by atoms with Crippen LogP contribution in [0.15, 0.2) is 29.1 Å². The standard InChI is InChI=1S/C20H19FN2O3/c1-12-15(11-22)19(25)23(13-7-3-2-4-8-13)20(26)17(12)18(24)14-9-5-6-10-16(14)21/h5-6,9-10,13,26H,2-4,7-8H2,1H3. The molecule has 5 nitrogen and oxygen atoms in total. The molecular formula is C20H19FN2O3. The fourth-order valence-electron chi connectivity index (χ4n) is 3.65. The van der Waals surface area contributed by atoms with Crippen molar-refractivity contribution in [1.82, 2.24) is 4.57 Å². The zero-order valence-corrected chi connectivity index (χ0v) is 14.5. The van der Waals surface area contributed by atoms with E-state index in [2.05, 4.69) is 0 Å². The molecule has 0 amide bonds. The van der Waals surface area contributed by atoms with Gasteiger partial charge in [-0.15, -0.1) is 0 Å². The molecule has 134 valence electrons. The molecule has 0 bridgehead atoms. The average molecular weight is 354 g/mol. The minimum Gasteiger partial charge on any atom is -0.494 e. The third kappa shape index (κ3) is 2.90. The summed E-state index contributed by atoms with van der Waals surface area (Å²) >= 11 is 0. The van der Waals surface area contributed by atoms with Crippen molar-refractivity contribution in [2.75, 3.05) is 0 Å². The van der Waals surface area contributed by atoms with Crippen molar-refractivity contribution in [1.29, 1.82) is 5.26 Å². The summed E-state index contributed by atoms with van der Waals surface area (Å²) in [7, 11) is 0. The van der Waals surface area contributed by atoms with Crippen LogP contribution in [0.4, 0.5) is 4.39 Å². The summed E-state index contributed by atoms with van der Waals surface area (Å²) in [6.07, 6.45) is 4.24. The topological polar surface area (TPSA) is 83.1 Å². The monoisotopic (exact) mass is 354 g/mol. The Hall–Kier alpha value is -2.94. The first-order valence-electron chi connectivity index (χ1n) is 8.64. The van der Waals surface area contributed by atoms with Crippen LogP contribution in [0.25, 0.3) is 0 Å². The summed E-state index contributed by atoms with van der Waals surface area (Å²) < 4.78 is 15.2. The first-order valence-corrected chi connectivity index (χ1v) is 8.64. The van der Waals surface area contributed by atoms with Crippen LogP contribution in [0.5, 0.6) is 5.88 Å². The Balaban J connectivity index is 2.25. The molecule has 2 aromatic rings. The summed E-state index contributed by atoms with van der Waals surface area (Å²) in [6.45, 7) is 1.43. The summed E-state index contributed by atoms with van der Waals surface area (Å²) in [4.78, 5) is 25.6. The lowest BCUT2D eigenvalue weighted by Crippen LogP contribution is -2.31. The Bertz CT molecular complexity index is 966. The summed E-state index contributed by atoms with van der Waals surface area (Å²) in [5.74, 6) is -1.93. The Morgan fingerprint density at radius 1 is 1.27 bits per heavy atom. The number of aromatic hydroxyl groups is 1. The van der Waals surface area contributed by atoms with Crippen molar-refractivity contribution in [2.45, 2.75) is 45.1 Å². The molecule has 1 fully saturated rings. The van der Waals surface area contributed by atoms with Gasteiger partial charge in [0.1, 0.15) is 17.4 Å². The number of carbonyl (C=O) groups is 1. The van der Waals surface area contributed by atoms with E-state index >= 15 is 0 Å². The van der Waals surface area contributed by atoms with Crippen LogP contribution >= 0.6 is 0 Å². The number of aromatic nitrogens is 1. The minimum atomic E-state index is -0.737. The van der Waals surface area contributed by atoms with Gasteiger partial charge in [-0.2, -0.15) is 5.26 Å². The van der Waals surface area contributed by atoms with Gasteiger partial charge < -0.3 is 5.11 Å². The van der Waals surface area contributed by atoms with Crippen LogP contribution in [-0.2, 0) is 0 Å². The van der Waals surface area contributed by atoms with E-state index < -0.39 is 23.0 Å². The fraction of sp³-hybridized carbons (Fsp3) is 0.350. The van der Waals surface area contributed by atoms with Crippen LogP contribution < -0.4 is 5.56 Å². The van der Waals surface area contributed by atoms with Crippen LogP contribution in [0.2, 0.25) is 0 Å². The maximum absolute atomic E-state index is 14.1. The highest BCUT2D eigenvalue weighted by molar-refractivity contribution is 6.11. The Morgan fingerprint density at radius 3 is 2.54 bits per heavy atom. The van der Waals surface area contributed by atoms with E-state index in [0.29, 0.717) is 12.8 Å². The molecule has 1 heterocycles. The molecule has 1 aliphatic carbocycles. The van der Waals surface area contributed by atoms with Gasteiger partial charge in [0.2, 0.25) is 11.7 Å². The first kappa shape index (κ1) is 17.9. The minimum absolute atomic E-state index is 0.0790. The zero-order chi connectivity index (χ0) is 18.8. The highest BCUT2D eigenvalue weighted by atomic mass is 19.1. The highest BCUT2D eigenvalue weighted by Crippen LogP contribution is 2.33. The molecule has 26 heavy (non-hydrogen) atoms. The van der Waals surface area contributed by atoms with Gasteiger partial charge >= 0.3 is 0 Å². The van der Waals surface area contributed by atoms with Gasteiger partial charge in [0.15, 0.2) is 0 Å². The van der Waals surface area contributed by atoms with Crippen molar-refractivity contribution in [3.63, 3.8) is 0 Å². The summed E-state index contributed by atoms with van der Waals surface area (Å²) in [5.41, 5.74) is -1.09. The predicted molar refractivity (Wildman–Crippen MR) is 93.8 cm³/mol. The van der Waals surface area contributed by atoms with E-state index in [1.54, 1.807) is 0 Å². The normalized spacial score (nSPS) is 14.8. The van der Waals surface area contributed by atoms with Gasteiger partial charge in [-0.3, -0.25) is 14.2 Å². The second kappa shape index (κ2) is 7.12. The second-order valence-electron chi connectivity index (χ2n) is 6.59. The lowest BCUT2D eigenvalue weighted by atomic mass is 9.92. The third-order valence-corrected chi connectivity index (χ3v) is 5.03. The Kier molecular flexibility index (Phi) is 4.90. The zero-order valence-electron chi connectivity index (χ0n) is 14.5. The largest absolute Gasteiger partial charge is 0.494 e. The number of pyridine rings is 1. The van der Waals surface area contributed by atoms with Crippen molar-refractivity contribution in [3.8, 4) is 11.9 Å². The second-order valence-corrected chi connectivity index (χ2v) is 6.59. The van der Waals surface area contributed by atoms with Gasteiger partial charge in [-0.1, -0.05) is 31.4 Å². The Labute approximate surface area is 150 Å². The van der Waals surface area contributed by atoms with Gasteiger partial charge in [-0.05, 0) is 37.5 Å². The van der Waals surface area contributed by atoms with Crippen LogP contribution in [0.1, 0.15) is 65.2 Å². The maximum atomic E-state index is 14.1. The van der Waals surface area contributed by atoms with Gasteiger partial charge in [0, 0.05) is 6.04 Å². The Morgan fingerprint density at radius 2 is 1.92 bits per heavy atom. The average Bonchev–Trinajstić information content (AvgIpc) is 2.63. The lowest BCUT2D eigenvalue weighted by molar-refractivity contribution is 0.102. The molecule has 0 radical (unpaired) electrons. The predicted octanol–water partition coefficient (Wildman–Crippen LogP) is 3.61. The van der Waals surface area contributed by atoms with E-state index in [-0.39, 0.29) is 28.3 Å². The van der Waals surface area contributed by atoms with Gasteiger partial charge in [0.25, 0.3) is 5.56 Å². The van der Waals surface area contributed by atoms with E-state index in [0.717, 1.165) is 29.9 Å². The third-order valence-electron chi connectivity index (χ3n) is 5.03. The summed E-state index contributed by atoms with van der Waals surface area (Å²) in [5, 5.41) is 20.2. The molecule has 3 rings (SSSR count). The van der Waals surface area contributed by atoms with Crippen LogP contribution in [0, 0.1) is 24.1 Å². The number of carbonyl (C=O) groups excluding carboxylic acids is 1. The van der Waals surface area contributed by atoms with Crippen molar-refractivity contribution in [3.05, 3.63) is 62.7 Å². The van der Waals surface area contributed by atoms with E-state index in [1.807, 2.05) is 6.07 Å². The fourth-order valence-corrected chi connectivity index (χ4v) is 3.65. The molecule has 0 saturated heterocycles. The number of nitrogens with zero attached hydrogens (tertiary/aromatic N) is 2. The summed E-state index contributed by atoms with van der Waals surface area (Å²) in [6, 6.07) is 7.03. The number of hydrogen-bond donors (Lipinski definition) is 1. The molecule has 1 aliphatic rings. The maximum Gasteiger partial charge on any atom is 0.271 e. The molecule has 0 unspecified atom stereocenters. The van der Waals surface area contributed by atoms with E-state index in [9.17, 15) is 24.3 Å². The van der Waals surface area contributed by atoms with Crippen LogP contribution in [0.3, 0.4) is 0 Å². The molecule has 0 aliphatic heterocycles. The first-order chi connectivity index (χ1) is 12.5. The van der Waals surface area contributed by atoms with Crippen molar-refractivity contribution in [2.24, 2.45) is 0 Å². The lowest BCUT2D eigenvalue weighted by Gasteiger charge is -2.26. The quantitative estimate of drug-likeness (QED) is 0.854. The number of nitriles is 1. The van der Waals surface area contributed by atoms with Crippen LogP contribution in [-0.4, -0.2) is 15.5 Å². The molecule has 6 heteroatoms. The molecule has 0 spiro atoms. The van der Waals surface area contributed by atoms with Crippen molar-refractivity contribution < 1.29 is 14.3 Å². The smallest absolute Gasteiger partial charge is 0.271 e. The number of hydrogen-bond acceptors (Lipinski definition) is 4. The number of rotatable bonds is 3. The highest BCUT2D eigenvalue weighted by Gasteiger charge is 2.29. The van der Waals surface area contributed by atoms with Gasteiger partial charge in [0.05, 0.1) is 11.1 Å².